The molecule has 0 aliphatic carbocycles. The summed E-state index contributed by atoms with van der Waals surface area (Å²) in [5.41, 5.74) is 3.67. The first-order valence-corrected chi connectivity index (χ1v) is 9.24. The Labute approximate surface area is 156 Å². The Hall–Kier alpha value is -2.99. The molecule has 0 N–H and O–H groups in total. The average molecular weight is 359 g/mol. The van der Waals surface area contributed by atoms with E-state index in [0.717, 1.165) is 28.3 Å². The number of thioether (sulfide) groups is 1. The fourth-order valence-electron chi connectivity index (χ4n) is 2.62. The van der Waals surface area contributed by atoms with Gasteiger partial charge in [0.15, 0.2) is 0 Å². The van der Waals surface area contributed by atoms with Gasteiger partial charge in [0.05, 0.1) is 5.75 Å². The van der Waals surface area contributed by atoms with Crippen LogP contribution in [0.1, 0.15) is 5.82 Å². The van der Waals surface area contributed by atoms with E-state index in [9.17, 15) is 0 Å². The van der Waals surface area contributed by atoms with Crippen molar-refractivity contribution in [3.8, 4) is 22.5 Å². The summed E-state index contributed by atoms with van der Waals surface area (Å²) in [6.45, 7) is 0. The molecule has 0 radical (unpaired) electrons. The molecule has 6 heteroatoms. The van der Waals surface area contributed by atoms with E-state index < -0.39 is 0 Å². The van der Waals surface area contributed by atoms with E-state index >= 15 is 0 Å². The molecule has 128 valence electrons. The Morgan fingerprint density at radius 2 is 1.50 bits per heavy atom. The van der Waals surface area contributed by atoms with Gasteiger partial charge >= 0.3 is 0 Å². The zero-order valence-corrected chi connectivity index (χ0v) is 15.1. The molecular formula is C20H17N5S. The highest BCUT2D eigenvalue weighted by molar-refractivity contribution is 7.98. The SMILES string of the molecule is Cn1ccnc1CSc1nnc(-c2ccccc2)c(-c2ccccc2)n1. The Bertz CT molecular complexity index is 999. The zero-order valence-electron chi connectivity index (χ0n) is 14.3. The smallest absolute Gasteiger partial charge is 0.210 e. The number of nitrogens with zero attached hydrogens (tertiary/aromatic N) is 5. The van der Waals surface area contributed by atoms with Crippen LogP contribution in [-0.4, -0.2) is 24.7 Å². The van der Waals surface area contributed by atoms with Crippen LogP contribution in [-0.2, 0) is 12.8 Å². The number of benzene rings is 2. The Morgan fingerprint density at radius 3 is 2.12 bits per heavy atom. The molecule has 0 unspecified atom stereocenters. The van der Waals surface area contributed by atoms with Gasteiger partial charge in [-0.05, 0) is 0 Å². The number of hydrogen-bond donors (Lipinski definition) is 0. The van der Waals surface area contributed by atoms with Crippen LogP contribution in [0.25, 0.3) is 22.5 Å². The molecule has 5 nitrogen and oxygen atoms in total. The topological polar surface area (TPSA) is 56.5 Å². The average Bonchev–Trinajstić information content (AvgIpc) is 3.12. The molecule has 2 aromatic carbocycles. The predicted molar refractivity (Wildman–Crippen MR) is 103 cm³/mol. The van der Waals surface area contributed by atoms with Gasteiger partial charge < -0.3 is 4.57 Å². The van der Waals surface area contributed by atoms with Crippen molar-refractivity contribution in [1.29, 1.82) is 0 Å². The Balaban J connectivity index is 1.71. The van der Waals surface area contributed by atoms with Crippen molar-refractivity contribution in [1.82, 2.24) is 24.7 Å². The molecule has 4 rings (SSSR count). The summed E-state index contributed by atoms with van der Waals surface area (Å²) < 4.78 is 2.00. The molecular weight excluding hydrogens is 342 g/mol. The summed E-state index contributed by atoms with van der Waals surface area (Å²) in [7, 11) is 1.98. The van der Waals surface area contributed by atoms with Gasteiger partial charge in [0.2, 0.25) is 5.16 Å². The molecule has 0 aliphatic rings. The Kier molecular flexibility index (Phi) is 4.75. The van der Waals surface area contributed by atoms with E-state index in [1.54, 1.807) is 6.20 Å². The second-order valence-electron chi connectivity index (χ2n) is 5.77. The largest absolute Gasteiger partial charge is 0.337 e. The van der Waals surface area contributed by atoms with Crippen LogP contribution >= 0.6 is 11.8 Å². The standard InChI is InChI=1S/C20H17N5S/c1-25-13-12-21-17(25)14-26-20-22-18(15-8-4-2-5-9-15)19(23-24-20)16-10-6-3-7-11-16/h2-13H,14H2,1H3. The molecule has 2 aromatic heterocycles. The third-order valence-electron chi connectivity index (χ3n) is 4.01. The fraction of sp³-hybridized carbons (Fsp3) is 0.100. The lowest BCUT2D eigenvalue weighted by molar-refractivity contribution is 0.833. The van der Waals surface area contributed by atoms with Crippen LogP contribution in [0.15, 0.2) is 78.2 Å². The first kappa shape index (κ1) is 16.5. The third kappa shape index (κ3) is 3.50. The number of hydrogen-bond acceptors (Lipinski definition) is 5. The van der Waals surface area contributed by atoms with Crippen molar-refractivity contribution in [2.24, 2.45) is 7.05 Å². The van der Waals surface area contributed by atoms with E-state index in [0.29, 0.717) is 10.9 Å². The molecule has 26 heavy (non-hydrogen) atoms. The normalized spacial score (nSPS) is 10.8. The van der Waals surface area contributed by atoms with E-state index in [1.807, 2.05) is 78.5 Å². The minimum absolute atomic E-state index is 0.645. The van der Waals surface area contributed by atoms with Crippen molar-refractivity contribution >= 4 is 11.8 Å². The summed E-state index contributed by atoms with van der Waals surface area (Å²) in [5, 5.41) is 9.47. The maximum absolute atomic E-state index is 4.80. The molecule has 0 saturated heterocycles. The molecule has 0 amide bonds. The summed E-state index contributed by atoms with van der Waals surface area (Å²) in [6.07, 6.45) is 3.73. The maximum Gasteiger partial charge on any atom is 0.210 e. The van der Waals surface area contributed by atoms with Crippen LogP contribution < -0.4 is 0 Å². The van der Waals surface area contributed by atoms with Gasteiger partial charge in [0.25, 0.3) is 0 Å². The van der Waals surface area contributed by atoms with E-state index in [2.05, 4.69) is 15.2 Å². The highest BCUT2D eigenvalue weighted by Crippen LogP contribution is 2.30. The molecule has 0 bridgehead atoms. The minimum atomic E-state index is 0.645. The molecule has 0 saturated carbocycles. The molecule has 4 aromatic rings. The molecule has 0 fully saturated rings. The van der Waals surface area contributed by atoms with Crippen LogP contribution in [0.3, 0.4) is 0 Å². The van der Waals surface area contributed by atoms with Crippen molar-refractivity contribution in [2.45, 2.75) is 10.9 Å². The summed E-state index contributed by atoms with van der Waals surface area (Å²) in [4.78, 5) is 9.14. The Morgan fingerprint density at radius 1 is 0.846 bits per heavy atom. The molecule has 0 aliphatic heterocycles. The fourth-order valence-corrected chi connectivity index (χ4v) is 3.42. The van der Waals surface area contributed by atoms with Crippen molar-refractivity contribution in [2.75, 3.05) is 0 Å². The number of imidazole rings is 1. The van der Waals surface area contributed by atoms with Gasteiger partial charge in [0.1, 0.15) is 17.2 Å². The zero-order chi connectivity index (χ0) is 17.8. The summed E-state index contributed by atoms with van der Waals surface area (Å²) in [6, 6.07) is 20.1. The van der Waals surface area contributed by atoms with Gasteiger partial charge in [-0.25, -0.2) is 9.97 Å². The summed E-state index contributed by atoms with van der Waals surface area (Å²) >= 11 is 1.54. The predicted octanol–water partition coefficient (Wildman–Crippen LogP) is 4.23. The highest BCUT2D eigenvalue weighted by atomic mass is 32.2. The maximum atomic E-state index is 4.80. The van der Waals surface area contributed by atoms with Gasteiger partial charge in [-0.15, -0.1) is 10.2 Å². The van der Waals surface area contributed by atoms with Crippen molar-refractivity contribution in [3.63, 3.8) is 0 Å². The third-order valence-corrected chi connectivity index (χ3v) is 4.85. The van der Waals surface area contributed by atoms with Gasteiger partial charge in [-0.2, -0.15) is 0 Å². The van der Waals surface area contributed by atoms with E-state index in [-0.39, 0.29) is 0 Å². The monoisotopic (exact) mass is 359 g/mol. The van der Waals surface area contributed by atoms with Crippen molar-refractivity contribution in [3.05, 3.63) is 78.9 Å². The van der Waals surface area contributed by atoms with Crippen LogP contribution in [0, 0.1) is 0 Å². The van der Waals surface area contributed by atoms with E-state index in [4.69, 9.17) is 4.98 Å². The number of aryl methyl sites for hydroxylation is 1. The van der Waals surface area contributed by atoms with Crippen molar-refractivity contribution < 1.29 is 0 Å². The van der Waals surface area contributed by atoms with E-state index in [1.165, 1.54) is 11.8 Å². The van der Waals surface area contributed by atoms with Crippen LogP contribution in [0.4, 0.5) is 0 Å². The lowest BCUT2D eigenvalue weighted by Crippen LogP contribution is -2.00. The minimum Gasteiger partial charge on any atom is -0.337 e. The first-order chi connectivity index (χ1) is 12.8. The van der Waals surface area contributed by atoms with Gasteiger partial charge in [0, 0.05) is 30.6 Å². The molecule has 2 heterocycles. The second kappa shape index (κ2) is 7.49. The molecule has 0 atom stereocenters. The van der Waals surface area contributed by atoms with Gasteiger partial charge in [-0.3, -0.25) is 0 Å². The van der Waals surface area contributed by atoms with Crippen LogP contribution in [0.5, 0.6) is 0 Å². The lowest BCUT2D eigenvalue weighted by Gasteiger charge is -2.09. The van der Waals surface area contributed by atoms with Gasteiger partial charge in [-0.1, -0.05) is 72.4 Å². The lowest BCUT2D eigenvalue weighted by atomic mass is 10.0. The molecule has 0 spiro atoms. The number of aromatic nitrogens is 5. The second-order valence-corrected chi connectivity index (χ2v) is 6.71. The van der Waals surface area contributed by atoms with Crippen LogP contribution in [0.2, 0.25) is 0 Å². The summed E-state index contributed by atoms with van der Waals surface area (Å²) in [5.74, 6) is 1.68. The quantitative estimate of drug-likeness (QED) is 0.499. The highest BCUT2D eigenvalue weighted by Gasteiger charge is 2.14. The number of rotatable bonds is 5. The first-order valence-electron chi connectivity index (χ1n) is 8.26.